The molecule has 2 aromatic rings. The number of hydrogen-bond donors (Lipinski definition) is 1. The summed E-state index contributed by atoms with van der Waals surface area (Å²) in [5.41, 5.74) is -0.501. The molecule has 2 rings (SSSR count). The Labute approximate surface area is 119 Å². The standard InChI is InChI=1S/C6H6ClNO2.C6H7NO3/c1-10-5-2-3-8(9)6(7)4-5;1-10-5-2-3-7(9)6(8)4-5/h2-4H,1H3;2-4,9H,1H3. The van der Waals surface area contributed by atoms with Gasteiger partial charge in [-0.3, -0.25) is 4.79 Å². The van der Waals surface area contributed by atoms with Gasteiger partial charge in [0.25, 0.3) is 10.7 Å². The zero-order valence-electron chi connectivity index (χ0n) is 10.8. The first-order chi connectivity index (χ1) is 9.47. The minimum Gasteiger partial charge on any atom is -0.618 e. The molecule has 0 amide bonds. The van der Waals surface area contributed by atoms with E-state index >= 15 is 0 Å². The Morgan fingerprint density at radius 2 is 1.85 bits per heavy atom. The quantitative estimate of drug-likeness (QED) is 0.388. The molecule has 7 nitrogen and oxygen atoms in total. The predicted molar refractivity (Wildman–Crippen MR) is 71.4 cm³/mol. The van der Waals surface area contributed by atoms with E-state index in [1.165, 1.54) is 44.8 Å². The van der Waals surface area contributed by atoms with E-state index in [2.05, 4.69) is 0 Å². The second-order valence-corrected chi connectivity index (χ2v) is 3.85. The molecule has 8 heteroatoms. The van der Waals surface area contributed by atoms with Gasteiger partial charge in [0.05, 0.1) is 26.5 Å². The summed E-state index contributed by atoms with van der Waals surface area (Å²) in [6, 6.07) is 5.68. The first-order valence-corrected chi connectivity index (χ1v) is 5.74. The topological polar surface area (TPSA) is 87.6 Å². The number of rotatable bonds is 2. The monoisotopic (exact) mass is 300 g/mol. The minimum absolute atomic E-state index is 0.111. The first kappa shape index (κ1) is 15.6. The van der Waals surface area contributed by atoms with Gasteiger partial charge in [-0.2, -0.15) is 9.46 Å². The summed E-state index contributed by atoms with van der Waals surface area (Å²) in [5.74, 6) is 1.02. The number of pyridine rings is 2. The predicted octanol–water partition coefficient (Wildman–Crippen LogP) is 1.08. The van der Waals surface area contributed by atoms with E-state index in [4.69, 9.17) is 26.3 Å². The summed E-state index contributed by atoms with van der Waals surface area (Å²) in [6.45, 7) is 0. The van der Waals surface area contributed by atoms with Gasteiger partial charge < -0.3 is 19.9 Å². The Balaban J connectivity index is 0.000000200. The van der Waals surface area contributed by atoms with Gasteiger partial charge in [-0.15, -0.1) is 0 Å². The molecule has 108 valence electrons. The Morgan fingerprint density at radius 1 is 1.25 bits per heavy atom. The lowest BCUT2D eigenvalue weighted by Crippen LogP contribution is -2.26. The van der Waals surface area contributed by atoms with Crippen LogP contribution in [0.4, 0.5) is 0 Å². The molecule has 0 radical (unpaired) electrons. The van der Waals surface area contributed by atoms with Crippen molar-refractivity contribution >= 4 is 11.6 Å². The van der Waals surface area contributed by atoms with Gasteiger partial charge in [0.2, 0.25) is 0 Å². The van der Waals surface area contributed by atoms with Crippen LogP contribution >= 0.6 is 11.6 Å². The SMILES string of the molecule is COc1cc[n+]([O-])c(Cl)c1.COc1ccn(O)c(=O)c1. The van der Waals surface area contributed by atoms with Gasteiger partial charge in [-0.25, -0.2) is 0 Å². The maximum Gasteiger partial charge on any atom is 0.289 e. The lowest BCUT2D eigenvalue weighted by molar-refractivity contribution is -0.603. The lowest BCUT2D eigenvalue weighted by Gasteiger charge is -1.99. The number of ether oxygens (including phenoxy) is 2. The maximum absolute atomic E-state index is 10.6. The van der Waals surface area contributed by atoms with Crippen LogP contribution in [0.3, 0.4) is 0 Å². The third-order valence-electron chi connectivity index (χ3n) is 2.19. The van der Waals surface area contributed by atoms with Crippen molar-refractivity contribution in [2.45, 2.75) is 0 Å². The first-order valence-electron chi connectivity index (χ1n) is 5.36. The zero-order chi connectivity index (χ0) is 15.1. The highest BCUT2D eigenvalue weighted by molar-refractivity contribution is 6.28. The van der Waals surface area contributed by atoms with Crippen LogP contribution in [-0.4, -0.2) is 24.2 Å². The summed E-state index contributed by atoms with van der Waals surface area (Å²) in [4.78, 5) is 10.6. The highest BCUT2D eigenvalue weighted by atomic mass is 35.5. The highest BCUT2D eigenvalue weighted by Gasteiger charge is 2.01. The second-order valence-electron chi connectivity index (χ2n) is 3.46. The Kier molecular flexibility index (Phi) is 5.67. The van der Waals surface area contributed by atoms with Crippen molar-refractivity contribution in [3.05, 3.63) is 57.4 Å². The molecule has 0 atom stereocenters. The summed E-state index contributed by atoms with van der Waals surface area (Å²) in [6.07, 6.45) is 2.52. The third-order valence-corrected chi connectivity index (χ3v) is 2.46. The van der Waals surface area contributed by atoms with Crippen LogP contribution in [0, 0.1) is 5.21 Å². The zero-order valence-corrected chi connectivity index (χ0v) is 11.6. The van der Waals surface area contributed by atoms with Crippen LogP contribution in [0.25, 0.3) is 0 Å². The summed E-state index contributed by atoms with van der Waals surface area (Å²) in [7, 11) is 2.97. The lowest BCUT2D eigenvalue weighted by atomic mass is 10.4. The molecule has 0 aliphatic heterocycles. The van der Waals surface area contributed by atoms with Crippen molar-refractivity contribution in [3.63, 3.8) is 0 Å². The van der Waals surface area contributed by atoms with Gasteiger partial charge in [-0.05, 0) is 11.6 Å². The van der Waals surface area contributed by atoms with Crippen LogP contribution in [0.5, 0.6) is 11.5 Å². The van der Waals surface area contributed by atoms with E-state index in [1.807, 2.05) is 0 Å². The molecule has 0 fully saturated rings. The Hall–Kier alpha value is -2.41. The maximum atomic E-state index is 10.6. The van der Waals surface area contributed by atoms with Gasteiger partial charge >= 0.3 is 0 Å². The molecule has 20 heavy (non-hydrogen) atoms. The normalized spacial score (nSPS) is 9.35. The van der Waals surface area contributed by atoms with E-state index in [-0.39, 0.29) is 5.15 Å². The largest absolute Gasteiger partial charge is 0.618 e. The van der Waals surface area contributed by atoms with Gasteiger partial charge in [-0.1, -0.05) is 0 Å². The molecule has 0 unspecified atom stereocenters. The number of hydrogen-bond acceptors (Lipinski definition) is 5. The van der Waals surface area contributed by atoms with Crippen LogP contribution in [0.2, 0.25) is 5.15 Å². The van der Waals surface area contributed by atoms with E-state index in [9.17, 15) is 10.0 Å². The van der Waals surface area contributed by atoms with Crippen molar-refractivity contribution in [1.82, 2.24) is 4.73 Å². The molecule has 0 aliphatic carbocycles. The van der Waals surface area contributed by atoms with Gasteiger partial charge in [0.15, 0.2) is 6.20 Å². The Bertz CT molecular complexity index is 629. The average molecular weight is 301 g/mol. The van der Waals surface area contributed by atoms with E-state index in [0.29, 0.717) is 21.0 Å². The molecule has 2 aromatic heterocycles. The van der Waals surface area contributed by atoms with Crippen LogP contribution in [0.15, 0.2) is 41.5 Å². The number of methoxy groups -OCH3 is 2. The molecule has 0 aromatic carbocycles. The van der Waals surface area contributed by atoms with Crippen LogP contribution in [0.1, 0.15) is 0 Å². The number of halogens is 1. The van der Waals surface area contributed by atoms with Crippen LogP contribution in [-0.2, 0) is 0 Å². The summed E-state index contributed by atoms with van der Waals surface area (Å²) < 4.78 is 10.6. The van der Waals surface area contributed by atoms with Crippen molar-refractivity contribution in [3.8, 4) is 11.5 Å². The molecule has 0 aliphatic rings. The van der Waals surface area contributed by atoms with Crippen molar-refractivity contribution in [2.24, 2.45) is 0 Å². The van der Waals surface area contributed by atoms with E-state index in [1.54, 1.807) is 6.07 Å². The highest BCUT2D eigenvalue weighted by Crippen LogP contribution is 2.11. The molecular formula is C12H13ClN2O5. The summed E-state index contributed by atoms with van der Waals surface area (Å²) >= 11 is 5.46. The summed E-state index contributed by atoms with van der Waals surface area (Å²) in [5, 5.41) is 19.4. The number of nitrogens with zero attached hydrogens (tertiary/aromatic N) is 2. The fourth-order valence-corrected chi connectivity index (χ4v) is 1.31. The molecule has 2 heterocycles. The van der Waals surface area contributed by atoms with Crippen molar-refractivity contribution in [1.29, 1.82) is 0 Å². The fraction of sp³-hybridized carbons (Fsp3) is 0.167. The molecular weight excluding hydrogens is 288 g/mol. The average Bonchev–Trinajstić information content (AvgIpc) is 2.45. The fourth-order valence-electron chi connectivity index (χ4n) is 1.15. The van der Waals surface area contributed by atoms with E-state index in [0.717, 1.165) is 0 Å². The number of aromatic nitrogens is 2. The molecule has 0 saturated heterocycles. The molecule has 0 bridgehead atoms. The van der Waals surface area contributed by atoms with Gasteiger partial charge in [0.1, 0.15) is 11.5 Å². The van der Waals surface area contributed by atoms with Crippen molar-refractivity contribution in [2.75, 3.05) is 14.2 Å². The smallest absolute Gasteiger partial charge is 0.289 e. The second kappa shape index (κ2) is 7.25. The molecule has 0 spiro atoms. The Morgan fingerprint density at radius 3 is 2.35 bits per heavy atom. The van der Waals surface area contributed by atoms with E-state index < -0.39 is 5.56 Å². The third kappa shape index (κ3) is 4.36. The van der Waals surface area contributed by atoms with Crippen molar-refractivity contribution < 1.29 is 19.4 Å². The van der Waals surface area contributed by atoms with Crippen LogP contribution < -0.4 is 19.8 Å². The molecule has 0 saturated carbocycles. The van der Waals surface area contributed by atoms with Gasteiger partial charge in [0, 0.05) is 18.2 Å². The molecule has 1 N–H and O–H groups in total. The minimum atomic E-state index is -0.501.